The lowest BCUT2D eigenvalue weighted by Crippen LogP contribution is -2.15. The summed E-state index contributed by atoms with van der Waals surface area (Å²) in [7, 11) is 2.66. The standard InChI is InChI=1S/C17H20O9/c1-4-14(18)24-7-5-6-8-25-17(21)26-15-12(16(19)20)9-11(22-2)10-13(15)23-3/h4,9-10H,1,5-8H2,2-3H3,(H,19,20). The highest BCUT2D eigenvalue weighted by atomic mass is 16.7. The van der Waals surface area contributed by atoms with E-state index in [1.165, 1.54) is 26.4 Å². The van der Waals surface area contributed by atoms with Crippen LogP contribution in [0.5, 0.6) is 17.2 Å². The van der Waals surface area contributed by atoms with Crippen LogP contribution in [0.15, 0.2) is 24.8 Å². The first-order valence-electron chi connectivity index (χ1n) is 7.56. The van der Waals surface area contributed by atoms with Crippen LogP contribution in [0.2, 0.25) is 0 Å². The number of methoxy groups -OCH3 is 2. The van der Waals surface area contributed by atoms with Gasteiger partial charge in [0, 0.05) is 12.1 Å². The Bertz CT molecular complexity index is 666. The fraction of sp³-hybridized carbons (Fsp3) is 0.353. The zero-order chi connectivity index (χ0) is 19.5. The van der Waals surface area contributed by atoms with Gasteiger partial charge < -0.3 is 28.8 Å². The molecule has 0 aliphatic rings. The van der Waals surface area contributed by atoms with Gasteiger partial charge in [-0.2, -0.15) is 0 Å². The molecule has 0 unspecified atom stereocenters. The number of carbonyl (C=O) groups is 3. The number of aromatic carboxylic acids is 1. The summed E-state index contributed by atoms with van der Waals surface area (Å²) in [5.74, 6) is -1.90. The van der Waals surface area contributed by atoms with Crippen molar-refractivity contribution in [1.29, 1.82) is 0 Å². The average Bonchev–Trinajstić information content (AvgIpc) is 2.63. The van der Waals surface area contributed by atoms with E-state index in [0.29, 0.717) is 12.8 Å². The second-order valence-corrected chi connectivity index (χ2v) is 4.79. The Morgan fingerprint density at radius 2 is 1.73 bits per heavy atom. The van der Waals surface area contributed by atoms with Gasteiger partial charge in [-0.3, -0.25) is 0 Å². The van der Waals surface area contributed by atoms with E-state index in [2.05, 4.69) is 6.58 Å². The molecule has 0 aliphatic carbocycles. The molecule has 9 nitrogen and oxygen atoms in total. The molecule has 9 heteroatoms. The SMILES string of the molecule is C=CC(=O)OCCCCOC(=O)Oc1c(OC)cc(OC)cc1C(=O)O. The fourth-order valence-corrected chi connectivity index (χ4v) is 1.81. The highest BCUT2D eigenvalue weighted by molar-refractivity contribution is 5.93. The van der Waals surface area contributed by atoms with Crippen LogP contribution in [0.25, 0.3) is 0 Å². The molecule has 1 N–H and O–H groups in total. The van der Waals surface area contributed by atoms with Crippen LogP contribution < -0.4 is 14.2 Å². The van der Waals surface area contributed by atoms with Gasteiger partial charge in [0.1, 0.15) is 11.3 Å². The summed E-state index contributed by atoms with van der Waals surface area (Å²) in [6.45, 7) is 3.43. The normalized spacial score (nSPS) is 9.77. The Balaban J connectivity index is 2.62. The molecule has 142 valence electrons. The largest absolute Gasteiger partial charge is 0.514 e. The molecule has 0 radical (unpaired) electrons. The third-order valence-electron chi connectivity index (χ3n) is 3.07. The summed E-state index contributed by atoms with van der Waals surface area (Å²) in [5.41, 5.74) is -0.311. The monoisotopic (exact) mass is 368 g/mol. The summed E-state index contributed by atoms with van der Waals surface area (Å²) in [4.78, 5) is 34.0. The van der Waals surface area contributed by atoms with Gasteiger partial charge in [-0.05, 0) is 18.9 Å². The Kier molecular flexibility index (Phi) is 8.48. The first-order valence-corrected chi connectivity index (χ1v) is 7.56. The van der Waals surface area contributed by atoms with Gasteiger partial charge in [0.05, 0.1) is 27.4 Å². The van der Waals surface area contributed by atoms with Crippen molar-refractivity contribution in [1.82, 2.24) is 0 Å². The molecular formula is C17H20O9. The van der Waals surface area contributed by atoms with E-state index < -0.39 is 18.1 Å². The highest BCUT2D eigenvalue weighted by Gasteiger charge is 2.22. The molecule has 0 aromatic heterocycles. The third kappa shape index (κ3) is 6.34. The van der Waals surface area contributed by atoms with Crippen LogP contribution in [-0.4, -0.2) is 50.6 Å². The van der Waals surface area contributed by atoms with Crippen LogP contribution in [0.4, 0.5) is 4.79 Å². The van der Waals surface area contributed by atoms with Crippen LogP contribution >= 0.6 is 0 Å². The molecule has 0 fully saturated rings. The smallest absolute Gasteiger partial charge is 0.497 e. The minimum atomic E-state index is -1.32. The van der Waals surface area contributed by atoms with E-state index in [1.807, 2.05) is 0 Å². The van der Waals surface area contributed by atoms with Crippen LogP contribution in [-0.2, 0) is 14.3 Å². The number of hydrogen-bond acceptors (Lipinski definition) is 8. The van der Waals surface area contributed by atoms with Crippen molar-refractivity contribution in [2.24, 2.45) is 0 Å². The van der Waals surface area contributed by atoms with Crippen molar-refractivity contribution in [3.63, 3.8) is 0 Å². The Morgan fingerprint density at radius 3 is 2.27 bits per heavy atom. The number of esters is 1. The lowest BCUT2D eigenvalue weighted by molar-refractivity contribution is -0.137. The molecule has 1 rings (SSSR count). The maximum absolute atomic E-state index is 11.8. The van der Waals surface area contributed by atoms with E-state index in [4.69, 9.17) is 23.7 Å². The maximum atomic E-state index is 11.8. The van der Waals surface area contributed by atoms with E-state index in [1.54, 1.807) is 0 Å². The zero-order valence-electron chi connectivity index (χ0n) is 14.5. The van der Waals surface area contributed by atoms with Crippen LogP contribution in [0.3, 0.4) is 0 Å². The number of carbonyl (C=O) groups excluding carboxylic acids is 2. The van der Waals surface area contributed by atoms with E-state index >= 15 is 0 Å². The highest BCUT2D eigenvalue weighted by Crippen LogP contribution is 2.36. The number of carboxylic acids is 1. The zero-order valence-corrected chi connectivity index (χ0v) is 14.5. The number of unbranched alkanes of at least 4 members (excludes halogenated alkanes) is 1. The molecule has 0 amide bonds. The first-order chi connectivity index (χ1) is 12.4. The van der Waals surface area contributed by atoms with Gasteiger partial charge in [-0.25, -0.2) is 14.4 Å². The van der Waals surface area contributed by atoms with Crippen LogP contribution in [0.1, 0.15) is 23.2 Å². The first kappa shape index (κ1) is 20.8. The lowest BCUT2D eigenvalue weighted by Gasteiger charge is -2.13. The summed E-state index contributed by atoms with van der Waals surface area (Å²) >= 11 is 0. The Labute approximate surface area is 150 Å². The molecule has 26 heavy (non-hydrogen) atoms. The maximum Gasteiger partial charge on any atom is 0.514 e. The Hall–Kier alpha value is -3.23. The van der Waals surface area contributed by atoms with E-state index in [-0.39, 0.29) is 36.0 Å². The lowest BCUT2D eigenvalue weighted by atomic mass is 10.1. The second-order valence-electron chi connectivity index (χ2n) is 4.79. The van der Waals surface area contributed by atoms with Crippen molar-refractivity contribution in [2.75, 3.05) is 27.4 Å². The van der Waals surface area contributed by atoms with Gasteiger partial charge in [0.2, 0.25) is 0 Å². The summed E-state index contributed by atoms with van der Waals surface area (Å²) in [6.07, 6.45) is 0.861. The number of ether oxygens (including phenoxy) is 5. The van der Waals surface area contributed by atoms with Crippen molar-refractivity contribution in [3.05, 3.63) is 30.4 Å². The quantitative estimate of drug-likeness (QED) is 0.287. The number of rotatable bonds is 10. The average molecular weight is 368 g/mol. The molecule has 0 bridgehead atoms. The van der Waals surface area contributed by atoms with Crippen molar-refractivity contribution < 1.29 is 43.2 Å². The summed E-state index contributed by atoms with van der Waals surface area (Å²) in [6, 6.07) is 2.57. The molecule has 1 aromatic carbocycles. The van der Waals surface area contributed by atoms with Gasteiger partial charge in [-0.15, -0.1) is 0 Å². The van der Waals surface area contributed by atoms with Crippen molar-refractivity contribution in [3.8, 4) is 17.2 Å². The predicted octanol–water partition coefficient (Wildman–Crippen LogP) is 2.43. The van der Waals surface area contributed by atoms with E-state index in [9.17, 15) is 19.5 Å². The predicted molar refractivity (Wildman–Crippen MR) is 88.9 cm³/mol. The minimum absolute atomic E-state index is 0.00531. The topological polar surface area (TPSA) is 118 Å². The van der Waals surface area contributed by atoms with Gasteiger partial charge in [0.25, 0.3) is 0 Å². The van der Waals surface area contributed by atoms with Crippen molar-refractivity contribution >= 4 is 18.1 Å². The number of carboxylic acid groups (broad SMARTS) is 1. The molecule has 0 spiro atoms. The second kappa shape index (κ2) is 10.6. The molecule has 0 heterocycles. The molecule has 1 aromatic rings. The van der Waals surface area contributed by atoms with Gasteiger partial charge in [-0.1, -0.05) is 6.58 Å². The summed E-state index contributed by atoms with van der Waals surface area (Å²) in [5, 5.41) is 9.27. The molecule has 0 saturated heterocycles. The minimum Gasteiger partial charge on any atom is -0.497 e. The van der Waals surface area contributed by atoms with Gasteiger partial charge >= 0.3 is 18.1 Å². The van der Waals surface area contributed by atoms with E-state index in [0.717, 1.165) is 6.08 Å². The molecule has 0 atom stereocenters. The molecule has 0 saturated carbocycles. The number of benzene rings is 1. The molecule has 0 aliphatic heterocycles. The number of hydrogen-bond donors (Lipinski definition) is 1. The van der Waals surface area contributed by atoms with Gasteiger partial charge in [0.15, 0.2) is 11.5 Å². The fourth-order valence-electron chi connectivity index (χ4n) is 1.81. The van der Waals surface area contributed by atoms with Crippen molar-refractivity contribution in [2.45, 2.75) is 12.8 Å². The van der Waals surface area contributed by atoms with Crippen LogP contribution in [0, 0.1) is 0 Å². The molecular weight excluding hydrogens is 348 g/mol. The third-order valence-corrected chi connectivity index (χ3v) is 3.07. The summed E-state index contributed by atoms with van der Waals surface area (Å²) < 4.78 is 24.6. The Morgan fingerprint density at radius 1 is 1.08 bits per heavy atom.